The molecule has 0 amide bonds. The third-order valence-corrected chi connectivity index (χ3v) is 10.9. The Labute approximate surface area is 255 Å². The second kappa shape index (κ2) is 15.5. The number of halogens is 1. The van der Waals surface area contributed by atoms with Gasteiger partial charge in [-0.3, -0.25) is 0 Å². The number of ether oxygens (including phenoxy) is 4. The molecule has 40 heavy (non-hydrogen) atoms. The number of nitrogens with zero attached hydrogens (tertiary/aromatic N) is 2. The highest BCUT2D eigenvalue weighted by Gasteiger charge is 2.29. The molecule has 2 aromatic rings. The molecule has 2 aliphatic heterocycles. The van der Waals surface area contributed by atoms with Crippen molar-refractivity contribution in [1.29, 1.82) is 0 Å². The fourth-order valence-electron chi connectivity index (χ4n) is 5.52. The van der Waals surface area contributed by atoms with Gasteiger partial charge in [0.05, 0.1) is 39.1 Å². The number of carbonyl (C=O) groups is 2. The zero-order chi connectivity index (χ0) is 29.4. The summed E-state index contributed by atoms with van der Waals surface area (Å²) < 4.78 is 21.5. The van der Waals surface area contributed by atoms with E-state index in [4.69, 9.17) is 18.9 Å². The first-order valence-electron chi connectivity index (χ1n) is 13.9. The van der Waals surface area contributed by atoms with Crippen molar-refractivity contribution in [1.82, 2.24) is 0 Å². The molecule has 0 bridgehead atoms. The molecule has 4 heterocycles. The Morgan fingerprint density at radius 3 is 1.60 bits per heavy atom. The number of aryl methyl sites for hydroxylation is 1. The molecular weight excluding hydrogens is 616 g/mol. The molecule has 224 valence electrons. The molecule has 0 unspecified atom stereocenters. The van der Waals surface area contributed by atoms with Crippen molar-refractivity contribution >= 4 is 60.5 Å². The van der Waals surface area contributed by atoms with Crippen molar-refractivity contribution < 1.29 is 28.5 Å². The van der Waals surface area contributed by atoms with E-state index in [1.54, 1.807) is 22.7 Å². The van der Waals surface area contributed by atoms with Crippen LogP contribution in [0.15, 0.2) is 3.79 Å². The number of esters is 2. The highest BCUT2D eigenvalue weighted by molar-refractivity contribution is 9.11. The van der Waals surface area contributed by atoms with Crippen LogP contribution in [0, 0.1) is 20.8 Å². The van der Waals surface area contributed by atoms with Gasteiger partial charge in [-0.25, -0.2) is 9.59 Å². The Kier molecular flexibility index (Phi) is 12.8. The van der Waals surface area contributed by atoms with E-state index >= 15 is 0 Å². The van der Waals surface area contributed by atoms with Crippen molar-refractivity contribution in [3.63, 3.8) is 0 Å². The summed E-state index contributed by atoms with van der Waals surface area (Å²) in [5.74, 6) is -0.509. The van der Waals surface area contributed by atoms with Crippen LogP contribution in [0.5, 0.6) is 0 Å². The lowest BCUT2D eigenvalue weighted by molar-refractivity contribution is 0.0590. The molecule has 2 fully saturated rings. The Bertz CT molecular complexity index is 1050. The van der Waals surface area contributed by atoms with Gasteiger partial charge in [-0.15, -0.1) is 22.7 Å². The van der Waals surface area contributed by atoms with Crippen LogP contribution in [-0.2, 0) is 18.9 Å². The van der Waals surface area contributed by atoms with Crippen molar-refractivity contribution in [2.75, 3.05) is 63.5 Å². The molecule has 0 aliphatic carbocycles. The number of anilines is 2. The molecule has 2 aliphatic rings. The first kappa shape index (κ1) is 32.8. The summed E-state index contributed by atoms with van der Waals surface area (Å²) in [6.45, 7) is 15.5. The van der Waals surface area contributed by atoms with E-state index in [1.807, 2.05) is 20.8 Å². The quantitative estimate of drug-likeness (QED) is 0.288. The minimum Gasteiger partial charge on any atom is -0.465 e. The first-order chi connectivity index (χ1) is 19.2. The molecule has 0 spiro atoms. The standard InChI is InChI=1S/C15H23NO3S.C14H20BrNO3S/c1-5-16(12-6-8-19-9-7-12)14-10(2)13(11(3)20-14)15(17)18-4;1-4-16(10-5-7-19-8-6-10)13-9(2)11(12(15)20-13)14(17)18-3/h12H,5-9H2,1-4H3;10H,4-8H2,1-3H3. The fourth-order valence-corrected chi connectivity index (χ4v) is 8.88. The van der Waals surface area contributed by atoms with Gasteiger partial charge in [0.15, 0.2) is 0 Å². The molecular formula is C29H43BrN2O6S2. The molecule has 0 radical (unpaired) electrons. The zero-order valence-corrected chi connectivity index (χ0v) is 28.0. The van der Waals surface area contributed by atoms with Gasteiger partial charge in [-0.1, -0.05) is 0 Å². The van der Waals surface area contributed by atoms with Crippen molar-refractivity contribution in [3.05, 3.63) is 30.9 Å². The number of rotatable bonds is 8. The normalized spacial score (nSPS) is 16.2. The minimum absolute atomic E-state index is 0.231. The number of thiophene rings is 2. The average molecular weight is 660 g/mol. The van der Waals surface area contributed by atoms with Gasteiger partial charge in [0.2, 0.25) is 0 Å². The largest absolute Gasteiger partial charge is 0.465 e. The lowest BCUT2D eigenvalue weighted by Crippen LogP contribution is -2.39. The zero-order valence-electron chi connectivity index (χ0n) is 24.8. The molecule has 0 atom stereocenters. The highest BCUT2D eigenvalue weighted by atomic mass is 79.9. The molecule has 0 N–H and O–H groups in total. The van der Waals surface area contributed by atoms with Crippen LogP contribution in [0.1, 0.15) is 76.3 Å². The molecule has 11 heteroatoms. The van der Waals surface area contributed by atoms with Crippen molar-refractivity contribution in [2.24, 2.45) is 0 Å². The number of hydrogen-bond acceptors (Lipinski definition) is 10. The van der Waals surface area contributed by atoms with Crippen LogP contribution in [0.25, 0.3) is 0 Å². The minimum atomic E-state index is -0.278. The summed E-state index contributed by atoms with van der Waals surface area (Å²) in [6, 6.07) is 1.000. The molecule has 0 aromatic carbocycles. The Morgan fingerprint density at radius 2 is 1.18 bits per heavy atom. The van der Waals surface area contributed by atoms with E-state index in [2.05, 4.69) is 39.6 Å². The van der Waals surface area contributed by atoms with Gasteiger partial charge >= 0.3 is 11.9 Å². The van der Waals surface area contributed by atoms with E-state index in [9.17, 15) is 9.59 Å². The predicted molar refractivity (Wildman–Crippen MR) is 167 cm³/mol. The van der Waals surface area contributed by atoms with Gasteiger partial charge < -0.3 is 28.7 Å². The van der Waals surface area contributed by atoms with E-state index in [0.717, 1.165) is 95.6 Å². The van der Waals surface area contributed by atoms with Gasteiger partial charge in [-0.2, -0.15) is 0 Å². The van der Waals surface area contributed by atoms with E-state index < -0.39 is 0 Å². The molecule has 4 rings (SSSR count). The maximum atomic E-state index is 11.9. The van der Waals surface area contributed by atoms with Crippen LogP contribution in [0.4, 0.5) is 10.0 Å². The van der Waals surface area contributed by atoms with Crippen molar-refractivity contribution in [2.45, 2.75) is 72.4 Å². The van der Waals surface area contributed by atoms with Gasteiger partial charge in [0.25, 0.3) is 0 Å². The smallest absolute Gasteiger partial charge is 0.340 e. The monoisotopic (exact) mass is 658 g/mol. The molecule has 2 aromatic heterocycles. The third-order valence-electron chi connectivity index (χ3n) is 7.62. The number of carbonyl (C=O) groups excluding carboxylic acids is 2. The predicted octanol–water partition coefficient (Wildman–Crippen LogP) is 6.77. The number of hydrogen-bond donors (Lipinski definition) is 0. The van der Waals surface area contributed by atoms with Crippen LogP contribution >= 0.6 is 38.6 Å². The van der Waals surface area contributed by atoms with Crippen molar-refractivity contribution in [3.8, 4) is 0 Å². The Balaban J connectivity index is 0.000000220. The van der Waals surface area contributed by atoms with Gasteiger partial charge in [0, 0.05) is 56.5 Å². The fraction of sp³-hybridized carbons (Fsp3) is 0.655. The maximum absolute atomic E-state index is 11.9. The summed E-state index contributed by atoms with van der Waals surface area (Å²) in [5, 5.41) is 2.36. The molecule has 0 saturated carbocycles. The van der Waals surface area contributed by atoms with E-state index in [1.165, 1.54) is 19.2 Å². The maximum Gasteiger partial charge on any atom is 0.340 e. The SMILES string of the molecule is CCN(c1sc(Br)c(C(=O)OC)c1C)C1CCOCC1.CCN(c1sc(C)c(C(=O)OC)c1C)C1CCOCC1. The number of methoxy groups -OCH3 is 2. The first-order valence-corrected chi connectivity index (χ1v) is 16.4. The topological polar surface area (TPSA) is 77.5 Å². The summed E-state index contributed by atoms with van der Waals surface area (Å²) in [7, 11) is 2.86. The summed E-state index contributed by atoms with van der Waals surface area (Å²) >= 11 is 6.80. The lowest BCUT2D eigenvalue weighted by atomic mass is 10.1. The van der Waals surface area contributed by atoms with E-state index in [-0.39, 0.29) is 11.9 Å². The summed E-state index contributed by atoms with van der Waals surface area (Å²) in [4.78, 5) is 29.6. The molecule has 2 saturated heterocycles. The van der Waals surface area contributed by atoms with Gasteiger partial charge in [0.1, 0.15) is 0 Å². The second-order valence-electron chi connectivity index (χ2n) is 9.89. The highest BCUT2D eigenvalue weighted by Crippen LogP contribution is 2.41. The van der Waals surface area contributed by atoms with Gasteiger partial charge in [-0.05, 0) is 87.4 Å². The second-order valence-corrected chi connectivity index (χ2v) is 13.4. The van der Waals surface area contributed by atoms with Crippen LogP contribution < -0.4 is 9.80 Å². The van der Waals surface area contributed by atoms with Crippen LogP contribution in [0.3, 0.4) is 0 Å². The lowest BCUT2D eigenvalue weighted by Gasteiger charge is -2.34. The third kappa shape index (κ3) is 7.40. The Morgan fingerprint density at radius 1 is 0.775 bits per heavy atom. The summed E-state index contributed by atoms with van der Waals surface area (Å²) in [5.41, 5.74) is 3.44. The average Bonchev–Trinajstić information content (AvgIpc) is 3.43. The van der Waals surface area contributed by atoms with Crippen LogP contribution in [-0.4, -0.2) is 77.8 Å². The van der Waals surface area contributed by atoms with Crippen LogP contribution in [0.2, 0.25) is 0 Å². The molecule has 8 nitrogen and oxygen atoms in total. The summed E-state index contributed by atoms with van der Waals surface area (Å²) in [6.07, 6.45) is 4.18. The Hall–Kier alpha value is -1.66. The van der Waals surface area contributed by atoms with E-state index in [0.29, 0.717) is 17.6 Å².